The number of amides is 2. The van der Waals surface area contributed by atoms with Crippen LogP contribution in [0.4, 0.5) is 5.88 Å². The molecule has 0 atom stereocenters. The molecule has 0 aliphatic heterocycles. The van der Waals surface area contributed by atoms with Gasteiger partial charge < -0.3 is 14.5 Å². The summed E-state index contributed by atoms with van der Waals surface area (Å²) in [7, 11) is 1.48. The first kappa shape index (κ1) is 17.7. The van der Waals surface area contributed by atoms with Crippen molar-refractivity contribution < 1.29 is 23.7 Å². The van der Waals surface area contributed by atoms with E-state index in [1.807, 2.05) is 0 Å². The van der Waals surface area contributed by atoms with E-state index in [0.717, 1.165) is 12.3 Å². The molecule has 130 valence electrons. The van der Waals surface area contributed by atoms with Gasteiger partial charge in [0.15, 0.2) is 5.76 Å². The minimum Gasteiger partial charge on any atom is -0.497 e. The normalized spacial score (nSPS) is 10.4. The molecule has 1 aromatic carbocycles. The summed E-state index contributed by atoms with van der Waals surface area (Å²) < 4.78 is 9.84. The van der Waals surface area contributed by atoms with Crippen LogP contribution in [0.1, 0.15) is 16.1 Å². The molecule has 10 heteroatoms. The van der Waals surface area contributed by atoms with E-state index in [0.29, 0.717) is 11.3 Å². The van der Waals surface area contributed by atoms with Crippen LogP contribution in [0.2, 0.25) is 0 Å². The maximum absolute atomic E-state index is 11.9. The van der Waals surface area contributed by atoms with Gasteiger partial charge >= 0.3 is 5.88 Å². The average Bonchev–Trinajstić information content (AvgIpc) is 3.09. The van der Waals surface area contributed by atoms with E-state index in [9.17, 15) is 19.7 Å². The van der Waals surface area contributed by atoms with Crippen molar-refractivity contribution >= 4 is 23.9 Å². The Kier molecular flexibility index (Phi) is 5.82. The minimum atomic E-state index is -0.690. The third-order valence-electron chi connectivity index (χ3n) is 2.92. The Labute approximate surface area is 141 Å². The number of hydrogen-bond donors (Lipinski definition) is 2. The van der Waals surface area contributed by atoms with Crippen LogP contribution in [-0.2, 0) is 4.79 Å². The minimum absolute atomic E-state index is 0.104. The van der Waals surface area contributed by atoms with Crippen LogP contribution in [-0.4, -0.2) is 36.6 Å². The van der Waals surface area contributed by atoms with Gasteiger partial charge in [-0.2, -0.15) is 5.10 Å². The fraction of sp³-hybridized carbons (Fsp3) is 0.133. The molecule has 0 unspecified atom stereocenters. The molecule has 0 fully saturated rings. The van der Waals surface area contributed by atoms with Crippen molar-refractivity contribution in [3.05, 3.63) is 57.8 Å². The van der Waals surface area contributed by atoms with Crippen molar-refractivity contribution in [2.45, 2.75) is 0 Å². The molecule has 2 aromatic rings. The monoisotopic (exact) mass is 346 g/mol. The summed E-state index contributed by atoms with van der Waals surface area (Å²) in [6.45, 7) is -0.300. The van der Waals surface area contributed by atoms with Crippen molar-refractivity contribution in [1.82, 2.24) is 10.7 Å². The van der Waals surface area contributed by atoms with Gasteiger partial charge in [0.2, 0.25) is 0 Å². The molecule has 25 heavy (non-hydrogen) atoms. The summed E-state index contributed by atoms with van der Waals surface area (Å²) in [5.41, 5.74) is 2.51. The molecule has 1 aromatic heterocycles. The molecule has 1 heterocycles. The van der Waals surface area contributed by atoms with Crippen molar-refractivity contribution in [2.24, 2.45) is 5.10 Å². The number of carbonyl (C=O) groups is 2. The molecule has 2 rings (SSSR count). The molecule has 2 amide bonds. The lowest BCUT2D eigenvalue weighted by molar-refractivity contribution is -0.402. The largest absolute Gasteiger partial charge is 0.497 e. The van der Waals surface area contributed by atoms with E-state index >= 15 is 0 Å². The summed E-state index contributed by atoms with van der Waals surface area (Å²) in [5.74, 6) is -0.826. The van der Waals surface area contributed by atoms with Gasteiger partial charge in [-0.15, -0.1) is 0 Å². The van der Waals surface area contributed by atoms with Gasteiger partial charge in [-0.3, -0.25) is 19.7 Å². The first-order valence-electron chi connectivity index (χ1n) is 6.98. The second kappa shape index (κ2) is 8.24. The van der Waals surface area contributed by atoms with Gasteiger partial charge in [0, 0.05) is 5.56 Å². The Morgan fingerprint density at radius 1 is 1.36 bits per heavy atom. The molecule has 0 saturated carbocycles. The third-order valence-corrected chi connectivity index (χ3v) is 2.92. The zero-order valence-electron chi connectivity index (χ0n) is 13.1. The smallest absolute Gasteiger partial charge is 0.433 e. The number of nitro groups is 1. The van der Waals surface area contributed by atoms with Crippen molar-refractivity contribution in [2.75, 3.05) is 13.7 Å². The molecule has 0 radical (unpaired) electrons. The highest BCUT2D eigenvalue weighted by Crippen LogP contribution is 2.13. The molecule has 10 nitrogen and oxygen atoms in total. The van der Waals surface area contributed by atoms with E-state index < -0.39 is 22.6 Å². The van der Waals surface area contributed by atoms with Gasteiger partial charge in [-0.05, 0) is 24.3 Å². The highest BCUT2D eigenvalue weighted by molar-refractivity contribution is 5.96. The van der Waals surface area contributed by atoms with Crippen LogP contribution in [0.5, 0.6) is 5.75 Å². The predicted octanol–water partition coefficient (Wildman–Crippen LogP) is 1.08. The van der Waals surface area contributed by atoms with Gasteiger partial charge in [-0.1, -0.05) is 6.07 Å². The fourth-order valence-corrected chi connectivity index (χ4v) is 1.74. The second-order valence-electron chi connectivity index (χ2n) is 4.64. The van der Waals surface area contributed by atoms with Gasteiger partial charge in [-0.25, -0.2) is 5.43 Å². The van der Waals surface area contributed by atoms with Crippen LogP contribution in [0.15, 0.2) is 45.9 Å². The van der Waals surface area contributed by atoms with Crippen molar-refractivity contribution in [3.8, 4) is 5.75 Å². The molecular formula is C15H14N4O6. The summed E-state index contributed by atoms with van der Waals surface area (Å²) >= 11 is 0. The van der Waals surface area contributed by atoms with Crippen LogP contribution < -0.4 is 15.5 Å². The lowest BCUT2D eigenvalue weighted by atomic mass is 10.2. The second-order valence-corrected chi connectivity index (χ2v) is 4.64. The molecule has 0 aliphatic rings. The van der Waals surface area contributed by atoms with Crippen molar-refractivity contribution in [3.63, 3.8) is 0 Å². The Morgan fingerprint density at radius 3 is 2.84 bits per heavy atom. The Balaban J connectivity index is 1.80. The maximum Gasteiger partial charge on any atom is 0.433 e. The number of furan rings is 1. The molecular weight excluding hydrogens is 332 g/mol. The Morgan fingerprint density at radius 2 is 2.16 bits per heavy atom. The molecule has 0 spiro atoms. The number of nitrogens with zero attached hydrogens (tertiary/aromatic N) is 2. The number of carbonyl (C=O) groups excluding carboxylic acids is 2. The number of ether oxygens (including phenoxy) is 1. The predicted molar refractivity (Wildman–Crippen MR) is 86.4 cm³/mol. The molecule has 0 aliphatic carbocycles. The average molecular weight is 346 g/mol. The van der Waals surface area contributed by atoms with Gasteiger partial charge in [0.05, 0.1) is 25.9 Å². The lowest BCUT2D eigenvalue weighted by Gasteiger charge is -2.05. The highest BCUT2D eigenvalue weighted by atomic mass is 16.6. The number of hydrazone groups is 1. The Bertz CT molecular complexity index is 814. The maximum atomic E-state index is 11.9. The summed E-state index contributed by atoms with van der Waals surface area (Å²) in [6, 6.07) is 8.96. The van der Waals surface area contributed by atoms with Crippen LogP contribution in [0.3, 0.4) is 0 Å². The van der Waals surface area contributed by atoms with E-state index in [1.54, 1.807) is 18.2 Å². The Hall–Kier alpha value is -3.69. The zero-order valence-corrected chi connectivity index (χ0v) is 13.1. The number of benzene rings is 1. The zero-order chi connectivity index (χ0) is 18.2. The summed E-state index contributed by atoms with van der Waals surface area (Å²) in [6.07, 6.45) is 1.11. The number of nitrogens with one attached hydrogen (secondary N) is 2. The van der Waals surface area contributed by atoms with Crippen LogP contribution in [0.25, 0.3) is 0 Å². The first-order valence-corrected chi connectivity index (χ1v) is 6.98. The van der Waals surface area contributed by atoms with Crippen LogP contribution >= 0.6 is 0 Å². The van der Waals surface area contributed by atoms with E-state index in [4.69, 9.17) is 9.15 Å². The van der Waals surface area contributed by atoms with Crippen molar-refractivity contribution in [1.29, 1.82) is 0 Å². The fourth-order valence-electron chi connectivity index (χ4n) is 1.74. The van der Waals surface area contributed by atoms with E-state index in [2.05, 4.69) is 15.8 Å². The number of hydrogen-bond acceptors (Lipinski definition) is 7. The third kappa shape index (κ3) is 5.16. The highest BCUT2D eigenvalue weighted by Gasteiger charge is 2.11. The SMILES string of the molecule is COc1cccc(C(=O)NCC(=O)NN=Cc2ccc([N+](=O)[O-])o2)c1. The van der Waals surface area contributed by atoms with Gasteiger partial charge in [0.1, 0.15) is 10.7 Å². The summed E-state index contributed by atoms with van der Waals surface area (Å²) in [4.78, 5) is 33.3. The first-order chi connectivity index (χ1) is 12.0. The number of rotatable bonds is 7. The lowest BCUT2D eigenvalue weighted by Crippen LogP contribution is -2.34. The summed E-state index contributed by atoms with van der Waals surface area (Å²) in [5, 5.41) is 16.5. The molecule has 0 bridgehead atoms. The van der Waals surface area contributed by atoms with E-state index in [1.165, 1.54) is 19.2 Å². The van der Waals surface area contributed by atoms with Crippen LogP contribution in [0, 0.1) is 10.1 Å². The van der Waals surface area contributed by atoms with E-state index in [-0.39, 0.29) is 12.3 Å². The number of methoxy groups -OCH3 is 1. The molecule has 0 saturated heterocycles. The standard InChI is InChI=1S/C15H14N4O6/c1-24-11-4-2-3-10(7-11)15(21)16-9-13(20)18-17-8-12-5-6-14(25-12)19(22)23/h2-8H,9H2,1H3,(H,16,21)(H,18,20). The topological polar surface area (TPSA) is 136 Å². The van der Waals surface area contributed by atoms with Gasteiger partial charge in [0.25, 0.3) is 11.8 Å². The quantitative estimate of drug-likeness (QED) is 0.437. The molecule has 2 N–H and O–H groups in total.